The van der Waals surface area contributed by atoms with E-state index in [0.29, 0.717) is 19.5 Å². The van der Waals surface area contributed by atoms with Crippen LogP contribution in [0.2, 0.25) is 0 Å². The average Bonchev–Trinajstić information content (AvgIpc) is 3.51. The van der Waals surface area contributed by atoms with Crippen LogP contribution < -0.4 is 4.74 Å². The van der Waals surface area contributed by atoms with Gasteiger partial charge < -0.3 is 14.2 Å². The molecule has 2 aromatic heterocycles. The number of amides is 1. The molecule has 0 N–H and O–H groups in total. The molecule has 156 valence electrons. The van der Waals surface area contributed by atoms with Gasteiger partial charge in [0.15, 0.2) is 0 Å². The summed E-state index contributed by atoms with van der Waals surface area (Å²) in [6.07, 6.45) is 4.41. The van der Waals surface area contributed by atoms with Gasteiger partial charge in [0.1, 0.15) is 11.6 Å². The van der Waals surface area contributed by atoms with Gasteiger partial charge in [-0.2, -0.15) is 5.10 Å². The molecule has 0 bridgehead atoms. The van der Waals surface area contributed by atoms with Crippen molar-refractivity contribution in [1.29, 1.82) is 0 Å². The van der Waals surface area contributed by atoms with E-state index in [4.69, 9.17) is 9.84 Å². The molecular formula is C25H24N4O2. The predicted molar refractivity (Wildman–Crippen MR) is 119 cm³/mol. The molecule has 0 radical (unpaired) electrons. The first-order valence-electron chi connectivity index (χ1n) is 10.3. The summed E-state index contributed by atoms with van der Waals surface area (Å²) in [5.41, 5.74) is 5.24. The molecule has 1 aliphatic rings. The zero-order valence-electron chi connectivity index (χ0n) is 17.7. The summed E-state index contributed by atoms with van der Waals surface area (Å²) in [4.78, 5) is 14.9. The summed E-state index contributed by atoms with van der Waals surface area (Å²) in [5, 5.41) is 4.93. The summed E-state index contributed by atoms with van der Waals surface area (Å²) >= 11 is 0. The Morgan fingerprint density at radius 1 is 1.00 bits per heavy atom. The van der Waals surface area contributed by atoms with Gasteiger partial charge >= 0.3 is 0 Å². The summed E-state index contributed by atoms with van der Waals surface area (Å²) in [6.45, 7) is 3.17. The smallest absolute Gasteiger partial charge is 0.227 e. The normalized spacial score (nSPS) is 12.8. The fourth-order valence-electron chi connectivity index (χ4n) is 4.12. The second-order valence-corrected chi connectivity index (χ2v) is 7.81. The van der Waals surface area contributed by atoms with Gasteiger partial charge in [-0.25, -0.2) is 4.68 Å². The van der Waals surface area contributed by atoms with Crippen molar-refractivity contribution >= 4 is 5.91 Å². The van der Waals surface area contributed by atoms with E-state index in [1.165, 1.54) is 0 Å². The van der Waals surface area contributed by atoms with Crippen molar-refractivity contribution in [2.45, 2.75) is 26.4 Å². The first-order chi connectivity index (χ1) is 15.1. The quantitative estimate of drug-likeness (QED) is 0.497. The number of nitrogens with zero attached hydrogens (tertiary/aromatic N) is 4. The largest absolute Gasteiger partial charge is 0.497 e. The zero-order chi connectivity index (χ0) is 21.4. The van der Waals surface area contributed by atoms with Crippen molar-refractivity contribution in [3.05, 3.63) is 95.4 Å². The van der Waals surface area contributed by atoms with Crippen LogP contribution in [0, 0.1) is 6.92 Å². The molecule has 0 atom stereocenters. The number of hydrogen-bond acceptors (Lipinski definition) is 3. The molecule has 6 heteroatoms. The van der Waals surface area contributed by atoms with Crippen molar-refractivity contribution in [2.24, 2.45) is 0 Å². The number of carbonyl (C=O) groups excluding carboxylic acids is 1. The highest BCUT2D eigenvalue weighted by Crippen LogP contribution is 2.31. The van der Waals surface area contributed by atoms with Crippen LogP contribution in [0.1, 0.15) is 22.4 Å². The lowest BCUT2D eigenvalue weighted by Gasteiger charge is -2.18. The van der Waals surface area contributed by atoms with Gasteiger partial charge in [-0.3, -0.25) is 4.79 Å². The van der Waals surface area contributed by atoms with Crippen LogP contribution in [0.15, 0.2) is 73.1 Å². The Morgan fingerprint density at radius 3 is 2.45 bits per heavy atom. The zero-order valence-corrected chi connectivity index (χ0v) is 17.7. The molecule has 0 unspecified atom stereocenters. The van der Waals surface area contributed by atoms with Gasteiger partial charge in [-0.15, -0.1) is 0 Å². The molecule has 1 amide bonds. The second kappa shape index (κ2) is 7.80. The SMILES string of the molecule is COc1ccc(CC(=O)N2Cc3nn(-c4ccccc4C)c(-n4cccc4)c3C2)cc1. The fraction of sp³-hybridized carbons (Fsp3) is 0.200. The monoisotopic (exact) mass is 412 g/mol. The van der Waals surface area contributed by atoms with Crippen LogP contribution in [0.3, 0.4) is 0 Å². The number of rotatable bonds is 5. The van der Waals surface area contributed by atoms with Crippen molar-refractivity contribution in [1.82, 2.24) is 19.2 Å². The van der Waals surface area contributed by atoms with E-state index in [0.717, 1.165) is 39.6 Å². The Hall–Kier alpha value is -3.80. The molecule has 0 spiro atoms. The Balaban J connectivity index is 1.44. The molecular weight excluding hydrogens is 388 g/mol. The maximum atomic E-state index is 13.0. The van der Waals surface area contributed by atoms with E-state index < -0.39 is 0 Å². The minimum Gasteiger partial charge on any atom is -0.497 e. The van der Waals surface area contributed by atoms with Gasteiger partial charge in [-0.05, 0) is 48.4 Å². The van der Waals surface area contributed by atoms with E-state index >= 15 is 0 Å². The molecule has 31 heavy (non-hydrogen) atoms. The number of carbonyl (C=O) groups is 1. The lowest BCUT2D eigenvalue weighted by atomic mass is 10.1. The molecule has 6 nitrogen and oxygen atoms in total. The average molecular weight is 412 g/mol. The highest BCUT2D eigenvalue weighted by Gasteiger charge is 2.31. The van der Waals surface area contributed by atoms with Crippen LogP contribution in [-0.4, -0.2) is 32.3 Å². The molecule has 5 rings (SSSR count). The van der Waals surface area contributed by atoms with Gasteiger partial charge in [0.25, 0.3) is 0 Å². The van der Waals surface area contributed by atoms with Crippen molar-refractivity contribution in [3.8, 4) is 17.3 Å². The maximum absolute atomic E-state index is 13.0. The highest BCUT2D eigenvalue weighted by atomic mass is 16.5. The van der Waals surface area contributed by atoms with Crippen LogP contribution in [0.5, 0.6) is 5.75 Å². The fourth-order valence-corrected chi connectivity index (χ4v) is 4.12. The molecule has 3 heterocycles. The number of aromatic nitrogens is 3. The van der Waals surface area contributed by atoms with Gasteiger partial charge in [0.05, 0.1) is 38.0 Å². The Kier molecular flexibility index (Phi) is 4.82. The number of hydrogen-bond donors (Lipinski definition) is 0. The van der Waals surface area contributed by atoms with E-state index in [1.54, 1.807) is 7.11 Å². The number of benzene rings is 2. The van der Waals surface area contributed by atoms with Crippen LogP contribution in [0.4, 0.5) is 0 Å². The topological polar surface area (TPSA) is 52.3 Å². The van der Waals surface area contributed by atoms with Crippen molar-refractivity contribution in [2.75, 3.05) is 7.11 Å². The molecule has 2 aromatic carbocycles. The molecule has 0 saturated carbocycles. The lowest BCUT2D eigenvalue weighted by molar-refractivity contribution is -0.131. The minimum absolute atomic E-state index is 0.101. The molecule has 0 fully saturated rings. The van der Waals surface area contributed by atoms with Gasteiger partial charge in [0.2, 0.25) is 5.91 Å². The molecule has 4 aromatic rings. The first kappa shape index (κ1) is 19.2. The molecule has 0 aliphatic carbocycles. The van der Waals surface area contributed by atoms with Crippen molar-refractivity contribution in [3.63, 3.8) is 0 Å². The summed E-state index contributed by atoms with van der Waals surface area (Å²) in [7, 11) is 1.64. The highest BCUT2D eigenvalue weighted by molar-refractivity contribution is 5.79. The van der Waals surface area contributed by atoms with Crippen molar-refractivity contribution < 1.29 is 9.53 Å². The van der Waals surface area contributed by atoms with E-state index in [-0.39, 0.29) is 5.91 Å². The third-order valence-electron chi connectivity index (χ3n) is 5.79. The summed E-state index contributed by atoms with van der Waals surface area (Å²) < 4.78 is 9.29. The predicted octanol–water partition coefficient (Wildman–Crippen LogP) is 4.06. The third kappa shape index (κ3) is 3.50. The van der Waals surface area contributed by atoms with Crippen LogP contribution >= 0.6 is 0 Å². The summed E-state index contributed by atoms with van der Waals surface area (Å²) in [5.74, 6) is 1.89. The van der Waals surface area contributed by atoms with Crippen LogP contribution in [-0.2, 0) is 24.3 Å². The first-order valence-corrected chi connectivity index (χ1v) is 10.3. The van der Waals surface area contributed by atoms with E-state index in [9.17, 15) is 4.79 Å². The van der Waals surface area contributed by atoms with Crippen LogP contribution in [0.25, 0.3) is 11.5 Å². The Bertz CT molecular complexity index is 1220. The Morgan fingerprint density at radius 2 is 1.74 bits per heavy atom. The Labute approximate surface area is 181 Å². The number of fused-ring (bicyclic) bond motifs is 1. The molecule has 0 saturated heterocycles. The number of methoxy groups -OCH3 is 1. The third-order valence-corrected chi connectivity index (χ3v) is 5.79. The second-order valence-electron chi connectivity index (χ2n) is 7.81. The number of ether oxygens (including phenoxy) is 1. The summed E-state index contributed by atoms with van der Waals surface area (Å²) in [6, 6.07) is 19.9. The van der Waals surface area contributed by atoms with E-state index in [2.05, 4.69) is 23.6 Å². The number of aryl methyl sites for hydroxylation is 1. The molecule has 1 aliphatic heterocycles. The lowest BCUT2D eigenvalue weighted by Crippen LogP contribution is -2.28. The van der Waals surface area contributed by atoms with Gasteiger partial charge in [0, 0.05) is 18.0 Å². The maximum Gasteiger partial charge on any atom is 0.227 e. The minimum atomic E-state index is 0.101. The van der Waals surface area contributed by atoms with E-state index in [1.807, 2.05) is 70.5 Å². The number of para-hydroxylation sites is 1. The standard InChI is InChI=1S/C25H24N4O2/c1-18-7-3-4-8-23(18)29-25(27-13-5-6-14-27)21-16-28(17-22(21)26-29)24(30)15-19-9-11-20(31-2)12-10-19/h3-14H,15-17H2,1-2H3. The van der Waals surface area contributed by atoms with Gasteiger partial charge in [-0.1, -0.05) is 30.3 Å².